The van der Waals surface area contributed by atoms with E-state index in [2.05, 4.69) is 10.6 Å². The van der Waals surface area contributed by atoms with Gasteiger partial charge in [-0.2, -0.15) is 0 Å². The van der Waals surface area contributed by atoms with Gasteiger partial charge in [-0.15, -0.1) is 0 Å². The molecule has 0 saturated carbocycles. The van der Waals surface area contributed by atoms with Gasteiger partial charge in [0.25, 0.3) is 11.8 Å². The number of benzene rings is 3. The van der Waals surface area contributed by atoms with E-state index in [9.17, 15) is 9.59 Å². The highest BCUT2D eigenvalue weighted by molar-refractivity contribution is 6.30. The Balaban J connectivity index is 1.92. The number of amides is 2. The Morgan fingerprint density at radius 2 is 1.55 bits per heavy atom. The molecule has 0 fully saturated rings. The fourth-order valence-electron chi connectivity index (χ4n) is 2.62. The summed E-state index contributed by atoms with van der Waals surface area (Å²) < 4.78 is 5.34. The standard InChI is InChI=1S/C23H19ClN2O3/c1-29-21-10-6-5-9-17(21)15-20(26-22(27)16-7-3-2-4-8-16)23(28)25-19-13-11-18(24)12-14-19/h2-15H,1H3,(H,25,28)(H,26,27)/b20-15-. The van der Waals surface area contributed by atoms with Crippen LogP contribution in [0.15, 0.2) is 84.6 Å². The molecule has 0 bridgehead atoms. The van der Waals surface area contributed by atoms with Crippen LogP contribution in [0.25, 0.3) is 6.08 Å². The second-order valence-corrected chi connectivity index (χ2v) is 6.52. The molecule has 0 aromatic heterocycles. The summed E-state index contributed by atoms with van der Waals surface area (Å²) in [6.07, 6.45) is 1.57. The quantitative estimate of drug-likeness (QED) is 0.580. The van der Waals surface area contributed by atoms with Crippen molar-refractivity contribution < 1.29 is 14.3 Å². The number of ether oxygens (including phenoxy) is 1. The normalized spacial score (nSPS) is 10.9. The van der Waals surface area contributed by atoms with Crippen molar-refractivity contribution in [3.05, 3.63) is 101 Å². The largest absolute Gasteiger partial charge is 0.496 e. The van der Waals surface area contributed by atoms with Gasteiger partial charge >= 0.3 is 0 Å². The van der Waals surface area contributed by atoms with E-state index in [1.807, 2.05) is 18.2 Å². The Hall–Kier alpha value is -3.57. The topological polar surface area (TPSA) is 67.4 Å². The first-order valence-corrected chi connectivity index (χ1v) is 9.22. The molecular formula is C23H19ClN2O3. The number of para-hydroxylation sites is 1. The number of nitrogens with one attached hydrogen (secondary N) is 2. The van der Waals surface area contributed by atoms with Crippen molar-refractivity contribution in [3.63, 3.8) is 0 Å². The number of hydrogen-bond donors (Lipinski definition) is 2. The molecule has 0 aliphatic rings. The van der Waals surface area contributed by atoms with Crippen LogP contribution < -0.4 is 15.4 Å². The summed E-state index contributed by atoms with van der Waals surface area (Å²) in [5, 5.41) is 6.02. The maximum Gasteiger partial charge on any atom is 0.272 e. The Bertz CT molecular complexity index is 1030. The van der Waals surface area contributed by atoms with E-state index in [1.165, 1.54) is 0 Å². The Morgan fingerprint density at radius 3 is 2.24 bits per heavy atom. The molecule has 5 nitrogen and oxygen atoms in total. The second-order valence-electron chi connectivity index (χ2n) is 6.08. The average Bonchev–Trinajstić information content (AvgIpc) is 2.75. The molecule has 3 rings (SSSR count). The van der Waals surface area contributed by atoms with Crippen LogP contribution in [0.4, 0.5) is 5.69 Å². The maximum absolute atomic E-state index is 12.9. The minimum atomic E-state index is -0.470. The van der Waals surface area contributed by atoms with E-state index in [-0.39, 0.29) is 5.70 Å². The van der Waals surface area contributed by atoms with Gasteiger partial charge in [0.15, 0.2) is 0 Å². The van der Waals surface area contributed by atoms with E-state index in [0.29, 0.717) is 27.6 Å². The summed E-state index contributed by atoms with van der Waals surface area (Å²) >= 11 is 5.89. The fourth-order valence-corrected chi connectivity index (χ4v) is 2.74. The lowest BCUT2D eigenvalue weighted by Crippen LogP contribution is -2.30. The van der Waals surface area contributed by atoms with Gasteiger partial charge in [-0.25, -0.2) is 0 Å². The first kappa shape index (κ1) is 20.2. The van der Waals surface area contributed by atoms with Crippen molar-refractivity contribution in [1.29, 1.82) is 0 Å². The minimum Gasteiger partial charge on any atom is -0.496 e. The van der Waals surface area contributed by atoms with Crippen molar-refractivity contribution >= 4 is 35.2 Å². The summed E-state index contributed by atoms with van der Waals surface area (Å²) in [6.45, 7) is 0. The van der Waals surface area contributed by atoms with Crippen LogP contribution in [-0.2, 0) is 4.79 Å². The van der Waals surface area contributed by atoms with E-state index >= 15 is 0 Å². The predicted molar refractivity (Wildman–Crippen MR) is 115 cm³/mol. The summed E-state index contributed by atoms with van der Waals surface area (Å²) in [4.78, 5) is 25.5. The van der Waals surface area contributed by atoms with Crippen LogP contribution >= 0.6 is 11.6 Å². The summed E-state index contributed by atoms with van der Waals surface area (Å²) in [5.41, 5.74) is 1.74. The van der Waals surface area contributed by atoms with Gasteiger partial charge in [-0.05, 0) is 48.5 Å². The van der Waals surface area contributed by atoms with Crippen LogP contribution in [0.5, 0.6) is 5.75 Å². The molecule has 0 spiro atoms. The van der Waals surface area contributed by atoms with E-state index in [0.717, 1.165) is 0 Å². The molecule has 0 unspecified atom stereocenters. The first-order valence-electron chi connectivity index (χ1n) is 8.85. The van der Waals surface area contributed by atoms with Crippen molar-refractivity contribution in [2.45, 2.75) is 0 Å². The van der Waals surface area contributed by atoms with Gasteiger partial charge in [0, 0.05) is 21.8 Å². The summed E-state index contributed by atoms with van der Waals surface area (Å²) in [5.74, 6) is -0.279. The Morgan fingerprint density at radius 1 is 0.897 bits per heavy atom. The minimum absolute atomic E-state index is 0.0818. The molecule has 2 amide bonds. The summed E-state index contributed by atoms with van der Waals surface area (Å²) in [6, 6.07) is 22.6. The average molecular weight is 407 g/mol. The lowest BCUT2D eigenvalue weighted by molar-refractivity contribution is -0.113. The molecule has 0 aliphatic carbocycles. The van der Waals surface area contributed by atoms with E-state index in [1.54, 1.807) is 73.8 Å². The maximum atomic E-state index is 12.9. The van der Waals surface area contributed by atoms with Gasteiger partial charge in [0.1, 0.15) is 11.4 Å². The molecule has 0 atom stereocenters. The lowest BCUT2D eigenvalue weighted by Gasteiger charge is -2.12. The van der Waals surface area contributed by atoms with Crippen molar-refractivity contribution in [2.75, 3.05) is 12.4 Å². The molecule has 0 heterocycles. The number of anilines is 1. The SMILES string of the molecule is COc1ccccc1/C=C(\NC(=O)c1ccccc1)C(=O)Nc1ccc(Cl)cc1. The third-order valence-corrected chi connectivity index (χ3v) is 4.32. The van der Waals surface area contributed by atoms with E-state index < -0.39 is 11.8 Å². The molecule has 6 heteroatoms. The van der Waals surface area contributed by atoms with Gasteiger partial charge in [-0.1, -0.05) is 48.0 Å². The van der Waals surface area contributed by atoms with Crippen LogP contribution in [0.1, 0.15) is 15.9 Å². The molecule has 0 aliphatic heterocycles. The molecule has 0 saturated heterocycles. The Kier molecular flexibility index (Phi) is 6.66. The van der Waals surface area contributed by atoms with Gasteiger partial charge in [0.05, 0.1) is 7.11 Å². The summed E-state index contributed by atoms with van der Waals surface area (Å²) in [7, 11) is 1.54. The number of halogens is 1. The van der Waals surface area contributed by atoms with Crippen molar-refractivity contribution in [1.82, 2.24) is 5.32 Å². The van der Waals surface area contributed by atoms with Crippen LogP contribution in [-0.4, -0.2) is 18.9 Å². The van der Waals surface area contributed by atoms with E-state index in [4.69, 9.17) is 16.3 Å². The number of hydrogen-bond acceptors (Lipinski definition) is 3. The van der Waals surface area contributed by atoms with Crippen molar-refractivity contribution in [3.8, 4) is 5.75 Å². The lowest BCUT2D eigenvalue weighted by atomic mass is 10.1. The zero-order chi connectivity index (χ0) is 20.6. The molecule has 3 aromatic rings. The number of carbonyl (C=O) groups is 2. The fraction of sp³-hybridized carbons (Fsp3) is 0.0435. The highest BCUT2D eigenvalue weighted by atomic mass is 35.5. The van der Waals surface area contributed by atoms with Crippen LogP contribution in [0.2, 0.25) is 5.02 Å². The zero-order valence-electron chi connectivity index (χ0n) is 15.7. The first-order chi connectivity index (χ1) is 14.1. The highest BCUT2D eigenvalue weighted by Gasteiger charge is 2.16. The Labute approximate surface area is 174 Å². The van der Waals surface area contributed by atoms with Crippen LogP contribution in [0, 0.1) is 0 Å². The number of carbonyl (C=O) groups excluding carboxylic acids is 2. The zero-order valence-corrected chi connectivity index (χ0v) is 16.4. The van der Waals surface area contributed by atoms with Crippen molar-refractivity contribution in [2.24, 2.45) is 0 Å². The van der Waals surface area contributed by atoms with Crippen LogP contribution in [0.3, 0.4) is 0 Å². The third-order valence-electron chi connectivity index (χ3n) is 4.07. The van der Waals surface area contributed by atoms with Gasteiger partial charge in [-0.3, -0.25) is 9.59 Å². The molecule has 2 N–H and O–H groups in total. The number of rotatable bonds is 6. The molecule has 0 radical (unpaired) electrons. The molecule has 146 valence electrons. The predicted octanol–water partition coefficient (Wildman–Crippen LogP) is 4.76. The number of methoxy groups -OCH3 is 1. The third kappa shape index (κ3) is 5.46. The van der Waals surface area contributed by atoms with Gasteiger partial charge < -0.3 is 15.4 Å². The smallest absolute Gasteiger partial charge is 0.272 e. The molecule has 29 heavy (non-hydrogen) atoms. The molecular weight excluding hydrogens is 388 g/mol. The monoisotopic (exact) mass is 406 g/mol. The molecule has 3 aromatic carbocycles. The van der Waals surface area contributed by atoms with Gasteiger partial charge in [0.2, 0.25) is 0 Å². The second kappa shape index (κ2) is 9.57. The highest BCUT2D eigenvalue weighted by Crippen LogP contribution is 2.21.